The Bertz CT molecular complexity index is 570. The van der Waals surface area contributed by atoms with Crippen LogP contribution in [0.1, 0.15) is 51.4 Å². The lowest BCUT2D eigenvalue weighted by atomic mass is 9.90. The normalized spacial score (nSPS) is 15.1. The molecule has 1 fully saturated rings. The van der Waals surface area contributed by atoms with Gasteiger partial charge in [-0.3, -0.25) is 9.59 Å². The molecule has 0 amide bonds. The second kappa shape index (κ2) is 9.77. The Morgan fingerprint density at radius 2 is 1.83 bits per heavy atom. The van der Waals surface area contributed by atoms with Crippen molar-refractivity contribution in [2.75, 3.05) is 6.61 Å². The first-order valence-electron chi connectivity index (χ1n) is 8.36. The average Bonchev–Trinajstić information content (AvgIpc) is 2.56. The Labute approximate surface area is 149 Å². The van der Waals surface area contributed by atoms with Crippen molar-refractivity contribution in [1.29, 1.82) is 0 Å². The quantitative estimate of drug-likeness (QED) is 0.487. The van der Waals surface area contributed by atoms with Crippen LogP contribution in [0.4, 0.5) is 4.39 Å². The summed E-state index contributed by atoms with van der Waals surface area (Å²) in [6, 6.07) is 3.83. The van der Waals surface area contributed by atoms with E-state index < -0.39 is 11.8 Å². The standard InChI is InChI=1S/C18H22BrFO4/c19-15-11-14(20)9-10-16(15)24-18(22)8-4-7-17(21)23-12-13-5-2-1-3-6-13/h9-11,13H,1-8,12H2. The Balaban J connectivity index is 1.62. The van der Waals surface area contributed by atoms with Crippen LogP contribution in [0.25, 0.3) is 0 Å². The number of rotatable bonds is 7. The van der Waals surface area contributed by atoms with Crippen molar-refractivity contribution in [2.24, 2.45) is 5.92 Å². The summed E-state index contributed by atoms with van der Waals surface area (Å²) in [7, 11) is 0. The predicted molar refractivity (Wildman–Crippen MR) is 91.1 cm³/mol. The molecule has 4 nitrogen and oxygen atoms in total. The van der Waals surface area contributed by atoms with Gasteiger partial charge in [-0.15, -0.1) is 0 Å². The van der Waals surface area contributed by atoms with E-state index in [0.717, 1.165) is 12.8 Å². The highest BCUT2D eigenvalue weighted by Crippen LogP contribution is 2.26. The maximum Gasteiger partial charge on any atom is 0.311 e. The lowest BCUT2D eigenvalue weighted by molar-refractivity contribution is -0.145. The summed E-state index contributed by atoms with van der Waals surface area (Å²) in [4.78, 5) is 23.4. The van der Waals surface area contributed by atoms with Gasteiger partial charge in [0.05, 0.1) is 11.1 Å². The zero-order valence-electron chi connectivity index (χ0n) is 13.6. The van der Waals surface area contributed by atoms with Crippen LogP contribution < -0.4 is 4.74 Å². The SMILES string of the molecule is O=C(CCCC(=O)Oc1ccc(F)cc1Br)OCC1CCCCC1. The number of hydrogen-bond acceptors (Lipinski definition) is 4. The molecule has 0 unspecified atom stereocenters. The molecule has 0 aromatic heterocycles. The van der Waals surface area contributed by atoms with E-state index in [1.165, 1.54) is 37.5 Å². The highest BCUT2D eigenvalue weighted by molar-refractivity contribution is 9.10. The zero-order valence-corrected chi connectivity index (χ0v) is 15.1. The van der Waals surface area contributed by atoms with Gasteiger partial charge >= 0.3 is 11.9 Å². The maximum absolute atomic E-state index is 13.0. The van der Waals surface area contributed by atoms with Crippen molar-refractivity contribution >= 4 is 27.9 Å². The highest BCUT2D eigenvalue weighted by atomic mass is 79.9. The molecule has 0 saturated heterocycles. The summed E-state index contributed by atoms with van der Waals surface area (Å²) in [5.41, 5.74) is 0. The van der Waals surface area contributed by atoms with Gasteiger partial charge in [-0.05, 0) is 59.3 Å². The van der Waals surface area contributed by atoms with Crippen LogP contribution in [0.3, 0.4) is 0 Å². The molecule has 0 aliphatic heterocycles. The van der Waals surface area contributed by atoms with E-state index in [9.17, 15) is 14.0 Å². The average molecular weight is 401 g/mol. The Kier molecular flexibility index (Phi) is 7.69. The van der Waals surface area contributed by atoms with Gasteiger partial charge in [-0.1, -0.05) is 19.3 Å². The van der Waals surface area contributed by atoms with Gasteiger partial charge in [0, 0.05) is 12.8 Å². The van der Waals surface area contributed by atoms with Crippen molar-refractivity contribution in [1.82, 2.24) is 0 Å². The molecule has 0 N–H and O–H groups in total. The van der Waals surface area contributed by atoms with Crippen LogP contribution in [0.5, 0.6) is 5.75 Å². The van der Waals surface area contributed by atoms with Crippen LogP contribution in [0.2, 0.25) is 0 Å². The smallest absolute Gasteiger partial charge is 0.311 e. The number of halogens is 2. The maximum atomic E-state index is 13.0. The Morgan fingerprint density at radius 3 is 2.54 bits per heavy atom. The first-order valence-corrected chi connectivity index (χ1v) is 9.15. The largest absolute Gasteiger partial charge is 0.465 e. The van der Waals surface area contributed by atoms with Crippen LogP contribution >= 0.6 is 15.9 Å². The molecule has 1 aromatic carbocycles. The second-order valence-electron chi connectivity index (χ2n) is 6.09. The minimum Gasteiger partial charge on any atom is -0.465 e. The third-order valence-corrected chi connectivity index (χ3v) is 4.70. The summed E-state index contributed by atoms with van der Waals surface area (Å²) in [5, 5.41) is 0. The molecule has 0 heterocycles. The van der Waals surface area contributed by atoms with Crippen molar-refractivity contribution in [3.63, 3.8) is 0 Å². The third kappa shape index (κ3) is 6.59. The highest BCUT2D eigenvalue weighted by Gasteiger charge is 2.16. The summed E-state index contributed by atoms with van der Waals surface area (Å²) >= 11 is 3.13. The van der Waals surface area contributed by atoms with Crippen molar-refractivity contribution < 1.29 is 23.5 Å². The van der Waals surface area contributed by atoms with Gasteiger partial charge < -0.3 is 9.47 Å². The summed E-state index contributed by atoms with van der Waals surface area (Å²) < 4.78 is 23.7. The summed E-state index contributed by atoms with van der Waals surface area (Å²) in [6.45, 7) is 0.492. The molecule has 2 rings (SSSR count). The molecule has 1 aliphatic carbocycles. The van der Waals surface area contributed by atoms with Crippen LogP contribution in [-0.2, 0) is 14.3 Å². The third-order valence-electron chi connectivity index (χ3n) is 4.08. The van der Waals surface area contributed by atoms with Gasteiger partial charge in [0.1, 0.15) is 11.6 Å². The second-order valence-corrected chi connectivity index (χ2v) is 6.94. The zero-order chi connectivity index (χ0) is 17.4. The van der Waals surface area contributed by atoms with E-state index in [4.69, 9.17) is 9.47 Å². The summed E-state index contributed by atoms with van der Waals surface area (Å²) in [5.74, 6) is -0.383. The molecule has 0 bridgehead atoms. The van der Waals surface area contributed by atoms with E-state index in [0.29, 0.717) is 23.4 Å². The molecule has 1 aliphatic rings. The van der Waals surface area contributed by atoms with E-state index >= 15 is 0 Å². The number of ether oxygens (including phenoxy) is 2. The topological polar surface area (TPSA) is 52.6 Å². The molecule has 24 heavy (non-hydrogen) atoms. The monoisotopic (exact) mass is 400 g/mol. The first-order chi connectivity index (χ1) is 11.5. The van der Waals surface area contributed by atoms with Gasteiger partial charge in [0.2, 0.25) is 0 Å². The Morgan fingerprint density at radius 1 is 1.12 bits per heavy atom. The molecule has 0 atom stereocenters. The van der Waals surface area contributed by atoms with E-state index in [2.05, 4.69) is 15.9 Å². The van der Waals surface area contributed by atoms with Gasteiger partial charge in [-0.25, -0.2) is 4.39 Å². The van der Waals surface area contributed by atoms with Crippen LogP contribution in [0, 0.1) is 11.7 Å². The number of carbonyl (C=O) groups excluding carboxylic acids is 2. The fraction of sp³-hybridized carbons (Fsp3) is 0.556. The first kappa shape index (κ1) is 18.9. The van der Waals surface area contributed by atoms with Gasteiger partial charge in [0.25, 0.3) is 0 Å². The van der Waals surface area contributed by atoms with E-state index in [1.807, 2.05) is 0 Å². The van der Waals surface area contributed by atoms with Crippen molar-refractivity contribution in [3.8, 4) is 5.75 Å². The fourth-order valence-corrected chi connectivity index (χ4v) is 3.18. The molecular formula is C18H22BrFO4. The number of hydrogen-bond donors (Lipinski definition) is 0. The van der Waals surface area contributed by atoms with Crippen molar-refractivity contribution in [3.05, 3.63) is 28.5 Å². The van der Waals surface area contributed by atoms with Gasteiger partial charge in [0.15, 0.2) is 0 Å². The molecule has 0 spiro atoms. The van der Waals surface area contributed by atoms with E-state index in [-0.39, 0.29) is 24.6 Å². The van der Waals surface area contributed by atoms with Crippen LogP contribution in [-0.4, -0.2) is 18.5 Å². The minimum absolute atomic E-state index is 0.113. The van der Waals surface area contributed by atoms with Crippen LogP contribution in [0.15, 0.2) is 22.7 Å². The van der Waals surface area contributed by atoms with E-state index in [1.54, 1.807) is 0 Å². The molecular weight excluding hydrogens is 379 g/mol. The molecule has 132 valence electrons. The summed E-state index contributed by atoms with van der Waals surface area (Å²) in [6.07, 6.45) is 6.66. The lowest BCUT2D eigenvalue weighted by Gasteiger charge is -2.20. The molecule has 0 radical (unpaired) electrons. The fourth-order valence-electron chi connectivity index (χ4n) is 2.75. The molecule has 1 saturated carbocycles. The predicted octanol–water partition coefficient (Wildman–Crippen LogP) is 4.79. The lowest BCUT2D eigenvalue weighted by Crippen LogP contribution is -2.17. The number of esters is 2. The van der Waals surface area contributed by atoms with Gasteiger partial charge in [-0.2, -0.15) is 0 Å². The number of carbonyl (C=O) groups is 2. The van der Waals surface area contributed by atoms with Crippen molar-refractivity contribution in [2.45, 2.75) is 51.4 Å². The molecule has 1 aromatic rings. The Hall–Kier alpha value is -1.43. The minimum atomic E-state index is -0.456. The number of benzene rings is 1. The molecule has 6 heteroatoms.